The van der Waals surface area contributed by atoms with Crippen LogP contribution in [0.5, 0.6) is 0 Å². The van der Waals surface area contributed by atoms with Gasteiger partial charge in [0.05, 0.1) is 5.69 Å². The van der Waals surface area contributed by atoms with E-state index < -0.39 is 28.2 Å². The van der Waals surface area contributed by atoms with Gasteiger partial charge in [0.15, 0.2) is 6.17 Å². The Morgan fingerprint density at radius 2 is 1.71 bits per heavy atom. The lowest BCUT2D eigenvalue weighted by Gasteiger charge is -2.27. The molecule has 9 heteroatoms. The molecular weight excluding hydrogens is 335 g/mol. The molecule has 0 spiro atoms. The Kier molecular flexibility index (Phi) is 4.22. The quantitative estimate of drug-likeness (QED) is 0.881. The predicted octanol–water partition coefficient (Wildman–Crippen LogP) is 1.74. The first kappa shape index (κ1) is 16.4. The fraction of sp³-hybridized carbons (Fsp3) is 0.133. The number of halogens is 1. The predicted molar refractivity (Wildman–Crippen MR) is 86.4 cm³/mol. The zero-order valence-electron chi connectivity index (χ0n) is 12.7. The molecule has 1 unspecified atom stereocenters. The SMILES string of the molecule is CNS(=O)(=O)N1NC(=O)N(c2ccccc2F)C1c1ccccc1. The normalized spacial score (nSPS) is 18.7. The second-order valence-corrected chi connectivity index (χ2v) is 6.78. The Balaban J connectivity index is 2.17. The van der Waals surface area contributed by atoms with E-state index in [4.69, 9.17) is 0 Å². The molecule has 126 valence electrons. The van der Waals surface area contributed by atoms with Crippen molar-refractivity contribution in [3.63, 3.8) is 0 Å². The van der Waals surface area contributed by atoms with Crippen molar-refractivity contribution in [1.29, 1.82) is 0 Å². The van der Waals surface area contributed by atoms with E-state index in [1.807, 2.05) is 0 Å². The first-order valence-corrected chi connectivity index (χ1v) is 8.52. The summed E-state index contributed by atoms with van der Waals surface area (Å²) in [5.41, 5.74) is 2.77. The number of para-hydroxylation sites is 1. The summed E-state index contributed by atoms with van der Waals surface area (Å²) in [6, 6.07) is 13.5. The summed E-state index contributed by atoms with van der Waals surface area (Å²) in [4.78, 5) is 13.5. The molecule has 0 saturated carbocycles. The molecular formula is C15H15FN4O3S. The molecule has 2 aromatic carbocycles. The number of hydrazine groups is 1. The van der Waals surface area contributed by atoms with Crippen molar-refractivity contribution < 1.29 is 17.6 Å². The minimum absolute atomic E-state index is 0.0161. The number of hydrogen-bond donors (Lipinski definition) is 2. The molecule has 2 amide bonds. The lowest BCUT2D eigenvalue weighted by Crippen LogP contribution is -2.45. The highest BCUT2D eigenvalue weighted by molar-refractivity contribution is 7.87. The van der Waals surface area contributed by atoms with E-state index in [0.29, 0.717) is 5.56 Å². The second-order valence-electron chi connectivity index (χ2n) is 5.03. The van der Waals surface area contributed by atoms with Crippen molar-refractivity contribution in [2.24, 2.45) is 0 Å². The van der Waals surface area contributed by atoms with Gasteiger partial charge in [0, 0.05) is 7.05 Å². The van der Waals surface area contributed by atoms with Gasteiger partial charge in [-0.05, 0) is 17.7 Å². The summed E-state index contributed by atoms with van der Waals surface area (Å²) in [7, 11) is -2.76. The second kappa shape index (κ2) is 6.19. The van der Waals surface area contributed by atoms with E-state index in [1.165, 1.54) is 25.2 Å². The fourth-order valence-electron chi connectivity index (χ4n) is 2.51. The Bertz CT molecular complexity index is 860. The summed E-state index contributed by atoms with van der Waals surface area (Å²) >= 11 is 0. The summed E-state index contributed by atoms with van der Waals surface area (Å²) in [5.74, 6) is -0.628. The molecule has 0 bridgehead atoms. The molecule has 24 heavy (non-hydrogen) atoms. The molecule has 0 aromatic heterocycles. The Morgan fingerprint density at radius 3 is 2.33 bits per heavy atom. The molecule has 0 radical (unpaired) electrons. The van der Waals surface area contributed by atoms with E-state index >= 15 is 0 Å². The van der Waals surface area contributed by atoms with Crippen LogP contribution in [0.25, 0.3) is 0 Å². The van der Waals surface area contributed by atoms with Gasteiger partial charge < -0.3 is 0 Å². The molecule has 0 aliphatic carbocycles. The van der Waals surface area contributed by atoms with Crippen LogP contribution in [0.15, 0.2) is 54.6 Å². The number of benzene rings is 2. The van der Waals surface area contributed by atoms with E-state index in [9.17, 15) is 17.6 Å². The molecule has 2 aromatic rings. The molecule has 1 aliphatic heterocycles. The maximum absolute atomic E-state index is 14.2. The fourth-order valence-corrected chi connectivity index (χ4v) is 3.39. The summed E-state index contributed by atoms with van der Waals surface area (Å²) < 4.78 is 41.7. The third-order valence-corrected chi connectivity index (χ3v) is 4.94. The van der Waals surface area contributed by atoms with Crippen molar-refractivity contribution >= 4 is 21.9 Å². The number of rotatable bonds is 4. The lowest BCUT2D eigenvalue weighted by atomic mass is 10.1. The molecule has 1 saturated heterocycles. The summed E-state index contributed by atoms with van der Waals surface area (Å²) in [6.07, 6.45) is -1.06. The number of nitrogens with zero attached hydrogens (tertiary/aromatic N) is 2. The summed E-state index contributed by atoms with van der Waals surface area (Å²) in [6.45, 7) is 0. The van der Waals surface area contributed by atoms with Crippen LogP contribution in [0.1, 0.15) is 11.7 Å². The van der Waals surface area contributed by atoms with Gasteiger partial charge in [0.1, 0.15) is 5.82 Å². The molecule has 1 aliphatic rings. The maximum Gasteiger partial charge on any atom is 0.339 e. The Morgan fingerprint density at radius 1 is 1.08 bits per heavy atom. The van der Waals surface area contributed by atoms with E-state index in [-0.39, 0.29) is 5.69 Å². The zero-order valence-corrected chi connectivity index (χ0v) is 13.5. The molecule has 1 atom stereocenters. The van der Waals surface area contributed by atoms with Crippen molar-refractivity contribution in [1.82, 2.24) is 14.6 Å². The number of urea groups is 1. The van der Waals surface area contributed by atoms with Crippen LogP contribution in [-0.4, -0.2) is 25.9 Å². The largest absolute Gasteiger partial charge is 0.339 e. The third kappa shape index (κ3) is 2.73. The first-order chi connectivity index (χ1) is 11.5. The highest BCUT2D eigenvalue weighted by Crippen LogP contribution is 2.35. The van der Waals surface area contributed by atoms with Crippen molar-refractivity contribution in [3.8, 4) is 0 Å². The highest BCUT2D eigenvalue weighted by Gasteiger charge is 2.46. The lowest BCUT2D eigenvalue weighted by molar-refractivity contribution is 0.243. The van der Waals surface area contributed by atoms with E-state index in [0.717, 1.165) is 9.31 Å². The minimum Gasteiger partial charge on any atom is -0.267 e. The van der Waals surface area contributed by atoms with E-state index in [2.05, 4.69) is 10.1 Å². The molecule has 1 heterocycles. The van der Waals surface area contributed by atoms with Gasteiger partial charge >= 0.3 is 6.03 Å². The van der Waals surface area contributed by atoms with Crippen LogP contribution in [0.2, 0.25) is 0 Å². The highest BCUT2D eigenvalue weighted by atomic mass is 32.2. The molecule has 1 fully saturated rings. The van der Waals surface area contributed by atoms with Gasteiger partial charge in [0.25, 0.3) is 10.2 Å². The minimum atomic E-state index is -3.99. The summed E-state index contributed by atoms with van der Waals surface area (Å²) in [5, 5.41) is 0. The van der Waals surface area contributed by atoms with Crippen molar-refractivity contribution in [2.75, 3.05) is 11.9 Å². The van der Waals surface area contributed by atoms with Crippen LogP contribution in [0.3, 0.4) is 0 Å². The number of anilines is 1. The van der Waals surface area contributed by atoms with Gasteiger partial charge in [0.2, 0.25) is 0 Å². The van der Waals surface area contributed by atoms with Crippen LogP contribution < -0.4 is 15.0 Å². The Labute approximate surface area is 138 Å². The van der Waals surface area contributed by atoms with Gasteiger partial charge in [-0.2, -0.15) is 8.42 Å². The van der Waals surface area contributed by atoms with Crippen LogP contribution >= 0.6 is 0 Å². The average Bonchev–Trinajstić information content (AvgIpc) is 2.94. The molecule has 2 N–H and O–H groups in total. The number of nitrogens with one attached hydrogen (secondary N) is 2. The van der Waals surface area contributed by atoms with Crippen LogP contribution in [-0.2, 0) is 10.2 Å². The number of hydrogen-bond acceptors (Lipinski definition) is 3. The van der Waals surface area contributed by atoms with Crippen molar-refractivity contribution in [2.45, 2.75) is 6.17 Å². The van der Waals surface area contributed by atoms with Crippen LogP contribution in [0, 0.1) is 5.82 Å². The zero-order chi connectivity index (χ0) is 17.3. The van der Waals surface area contributed by atoms with Gasteiger partial charge in [-0.1, -0.05) is 46.9 Å². The number of carbonyl (C=O) groups excluding carboxylic acids is 1. The smallest absolute Gasteiger partial charge is 0.267 e. The third-order valence-electron chi connectivity index (χ3n) is 3.62. The standard InChI is InChI=1S/C15H15FN4O3S/c1-17-24(22,23)20-14(11-7-3-2-4-8-11)19(15(21)18-20)13-10-6-5-9-12(13)16/h2-10,14,17H,1H3,(H,18,21). The Hall–Kier alpha value is -2.49. The van der Waals surface area contributed by atoms with Gasteiger partial charge in [-0.3, -0.25) is 10.3 Å². The maximum atomic E-state index is 14.2. The topological polar surface area (TPSA) is 81.8 Å². The molecule has 7 nitrogen and oxygen atoms in total. The molecule has 3 rings (SSSR count). The first-order valence-electron chi connectivity index (χ1n) is 7.08. The van der Waals surface area contributed by atoms with E-state index in [1.54, 1.807) is 36.4 Å². The van der Waals surface area contributed by atoms with Gasteiger partial charge in [-0.15, -0.1) is 0 Å². The van der Waals surface area contributed by atoms with Gasteiger partial charge in [-0.25, -0.2) is 13.9 Å². The number of carbonyl (C=O) groups is 1. The number of amides is 2. The van der Waals surface area contributed by atoms with Crippen molar-refractivity contribution in [3.05, 3.63) is 66.0 Å². The average molecular weight is 350 g/mol. The monoisotopic (exact) mass is 350 g/mol. The van der Waals surface area contributed by atoms with Crippen LogP contribution in [0.4, 0.5) is 14.9 Å².